The van der Waals surface area contributed by atoms with E-state index in [0.29, 0.717) is 16.8 Å². The van der Waals surface area contributed by atoms with Crippen LogP contribution in [0, 0.1) is 11.8 Å². The molecule has 3 aliphatic carbocycles. The van der Waals surface area contributed by atoms with E-state index in [1.165, 1.54) is 19.0 Å². The van der Waals surface area contributed by atoms with Crippen molar-refractivity contribution in [2.24, 2.45) is 17.6 Å². The minimum Gasteiger partial charge on any atom is -0.508 e. The van der Waals surface area contributed by atoms with Gasteiger partial charge in [-0.1, -0.05) is 18.2 Å². The second-order valence-electron chi connectivity index (χ2n) is 14.3. The molecular weight excluding hydrogens is 696 g/mol. The number of carbonyl (C=O) groups excluding carboxylic acids is 3. The van der Waals surface area contributed by atoms with Crippen LogP contribution in [0.25, 0.3) is 5.76 Å². The first-order chi connectivity index (χ1) is 24.9. The molecule has 17 nitrogen and oxygen atoms in total. The van der Waals surface area contributed by atoms with Crippen LogP contribution in [0.15, 0.2) is 47.2 Å². The summed E-state index contributed by atoms with van der Waals surface area (Å²) in [6.45, 7) is -0.654. The lowest BCUT2D eigenvalue weighted by Gasteiger charge is -2.50. The molecule has 0 unspecified atom stereocenters. The molecule has 286 valence electrons. The van der Waals surface area contributed by atoms with Crippen molar-refractivity contribution < 1.29 is 64.7 Å². The van der Waals surface area contributed by atoms with Gasteiger partial charge in [0.25, 0.3) is 5.91 Å². The number of nitrogens with two attached hydrogens (primary N) is 1. The number of aromatic hydroxyl groups is 1. The number of phenols is 1. The Hall–Kier alpha value is -4.75. The highest BCUT2D eigenvalue weighted by molar-refractivity contribution is 6.24. The monoisotopic (exact) mass is 740 g/mol. The van der Waals surface area contributed by atoms with Crippen LogP contribution in [-0.2, 0) is 32.1 Å². The van der Waals surface area contributed by atoms with E-state index in [9.17, 15) is 55.2 Å². The highest BCUT2D eigenvalue weighted by Crippen LogP contribution is 2.54. The molecule has 17 heteroatoms. The summed E-state index contributed by atoms with van der Waals surface area (Å²) in [6, 6.07) is 7.03. The first-order valence-electron chi connectivity index (χ1n) is 16.9. The number of phenolic OH excluding ortho intramolecular Hbond substituents is 1. The first kappa shape index (κ1) is 38.0. The smallest absolute Gasteiger partial charge is 0.255 e. The van der Waals surface area contributed by atoms with E-state index in [0.717, 1.165) is 0 Å². The predicted octanol–water partition coefficient (Wildman–Crippen LogP) is -1.18. The molecule has 2 aromatic carbocycles. The summed E-state index contributed by atoms with van der Waals surface area (Å²) in [5.74, 6) is -7.29. The number of hydrogen-bond acceptors (Lipinski definition) is 16. The van der Waals surface area contributed by atoms with Crippen LogP contribution < -0.4 is 20.7 Å². The van der Waals surface area contributed by atoms with Crippen molar-refractivity contribution in [3.63, 3.8) is 0 Å². The predicted molar refractivity (Wildman–Crippen MR) is 187 cm³/mol. The average molecular weight is 741 g/mol. The zero-order valence-corrected chi connectivity index (χ0v) is 29.4. The van der Waals surface area contributed by atoms with Crippen molar-refractivity contribution in [2.45, 2.75) is 61.7 Å². The zero-order valence-electron chi connectivity index (χ0n) is 29.4. The second kappa shape index (κ2) is 13.9. The van der Waals surface area contributed by atoms with Crippen molar-refractivity contribution in [3.8, 4) is 11.5 Å². The Kier molecular flexibility index (Phi) is 9.97. The number of fused-ring (bicyclic) bond motifs is 3. The van der Waals surface area contributed by atoms with Gasteiger partial charge >= 0.3 is 0 Å². The van der Waals surface area contributed by atoms with Gasteiger partial charge in [-0.15, -0.1) is 0 Å². The van der Waals surface area contributed by atoms with Gasteiger partial charge in [0.1, 0.15) is 53.0 Å². The summed E-state index contributed by atoms with van der Waals surface area (Å²) in [7, 11) is 6.56. The number of anilines is 2. The van der Waals surface area contributed by atoms with Crippen LogP contribution in [0.1, 0.15) is 23.1 Å². The minimum absolute atomic E-state index is 0.0123. The molecule has 4 aliphatic rings. The van der Waals surface area contributed by atoms with Crippen molar-refractivity contribution >= 4 is 34.6 Å². The third kappa shape index (κ3) is 5.97. The fourth-order valence-electron chi connectivity index (χ4n) is 8.07. The number of ether oxygens (including phenoxy) is 2. The number of ketones is 2. The van der Waals surface area contributed by atoms with Crippen molar-refractivity contribution in [3.05, 3.63) is 63.9 Å². The van der Waals surface area contributed by atoms with E-state index in [1.807, 2.05) is 0 Å². The average Bonchev–Trinajstić information content (AvgIpc) is 3.09. The van der Waals surface area contributed by atoms with Crippen molar-refractivity contribution in [1.82, 2.24) is 4.90 Å². The number of carbonyl (C=O) groups is 3. The summed E-state index contributed by atoms with van der Waals surface area (Å²) < 4.78 is 11.4. The van der Waals surface area contributed by atoms with Gasteiger partial charge in [0.2, 0.25) is 12.1 Å². The van der Waals surface area contributed by atoms with Crippen LogP contribution in [0.5, 0.6) is 11.5 Å². The molecule has 9 atom stereocenters. The quantitative estimate of drug-likeness (QED) is 0.107. The molecule has 1 aliphatic heterocycles. The maximum atomic E-state index is 14.3. The maximum absolute atomic E-state index is 14.3. The SMILES string of the molecule is CN(C)c1cc(NCc2ccccc2O[C@@H]2O[C@H](CO)[C@@H](O)[C@H](O)[C@H]2O)c(O)c2c1C[C@H]1C[C@H]3[C@@H](N(C)C)C(=O)C(C(N)=O)=C(O)[C@@]3(O)C(=O)C1=C2O. The Bertz CT molecular complexity index is 1910. The molecule has 0 radical (unpaired) electrons. The number of nitrogens with one attached hydrogen (secondary N) is 1. The molecule has 6 rings (SSSR count). The molecule has 0 aromatic heterocycles. The molecule has 2 aromatic rings. The van der Waals surface area contributed by atoms with E-state index in [-0.39, 0.29) is 42.0 Å². The Morgan fingerprint density at radius 1 is 1.06 bits per heavy atom. The lowest BCUT2D eigenvalue weighted by Crippen LogP contribution is -2.65. The van der Waals surface area contributed by atoms with E-state index in [2.05, 4.69) is 5.32 Å². The van der Waals surface area contributed by atoms with Gasteiger partial charge in [0.05, 0.1) is 23.9 Å². The molecule has 11 N–H and O–H groups in total. The molecule has 1 heterocycles. The number of amides is 1. The molecule has 1 saturated heterocycles. The van der Waals surface area contributed by atoms with Crippen LogP contribution in [0.3, 0.4) is 0 Å². The minimum atomic E-state index is -2.77. The number of nitrogens with zero attached hydrogens (tertiary/aromatic N) is 2. The lowest BCUT2D eigenvalue weighted by molar-refractivity contribution is -0.277. The number of aliphatic hydroxyl groups is 7. The molecule has 0 spiro atoms. The highest BCUT2D eigenvalue weighted by atomic mass is 16.7. The van der Waals surface area contributed by atoms with Gasteiger partial charge in [-0.05, 0) is 50.6 Å². The van der Waals surface area contributed by atoms with Crippen LogP contribution in [0.2, 0.25) is 0 Å². The van der Waals surface area contributed by atoms with Gasteiger partial charge in [-0.3, -0.25) is 19.3 Å². The molecule has 2 fully saturated rings. The largest absolute Gasteiger partial charge is 0.508 e. The van der Waals surface area contributed by atoms with E-state index < -0.39 is 101 Å². The van der Waals surface area contributed by atoms with E-state index >= 15 is 0 Å². The van der Waals surface area contributed by atoms with Crippen LogP contribution in [-0.4, -0.2) is 140 Å². The molecule has 1 amide bonds. The number of para-hydroxylation sites is 1. The first-order valence-corrected chi connectivity index (χ1v) is 16.9. The van der Waals surface area contributed by atoms with Gasteiger partial charge < -0.3 is 66.3 Å². The summed E-state index contributed by atoms with van der Waals surface area (Å²) >= 11 is 0. The molecule has 53 heavy (non-hydrogen) atoms. The topological polar surface area (TPSA) is 276 Å². The van der Waals surface area contributed by atoms with Gasteiger partial charge in [-0.25, -0.2) is 0 Å². The highest BCUT2D eigenvalue weighted by Gasteiger charge is 2.64. The number of aliphatic hydroxyl groups excluding tert-OH is 6. The number of hydrogen-bond donors (Lipinski definition) is 10. The zero-order chi connectivity index (χ0) is 38.8. The third-order valence-electron chi connectivity index (χ3n) is 10.7. The number of Topliss-reactive ketones (excluding diaryl/α,β-unsaturated/α-hetero) is 2. The summed E-state index contributed by atoms with van der Waals surface area (Å²) in [4.78, 5) is 43.1. The van der Waals surface area contributed by atoms with Gasteiger partial charge in [0.15, 0.2) is 11.4 Å². The second-order valence-corrected chi connectivity index (χ2v) is 14.3. The third-order valence-corrected chi connectivity index (χ3v) is 10.7. The number of rotatable bonds is 9. The number of likely N-dealkylation sites (N-methyl/N-ethyl adjacent to an activating group) is 1. The number of benzene rings is 2. The maximum Gasteiger partial charge on any atom is 0.255 e. The van der Waals surface area contributed by atoms with Crippen LogP contribution >= 0.6 is 0 Å². The standard InChI is InChI=1S/C36H44N4O13/c1-39(2)19-11-18(38-12-14-7-5-6-8-20(14)52-35-31(47)30(46)27(43)21(13-41)53-35)26(42)23-16(19)9-15-10-17-25(40(3)4)29(45)24(34(37)50)33(49)36(17,51)32(48)22(15)28(23)44/h5-8,11,15,17,21,25,27,30-31,35,38,41-44,46-47,49,51H,9-10,12-13H2,1-4H3,(H2,37,50)/t15-,17-,21+,25+,27+,30-,31+,35+,36-/m0/s1. The molecule has 0 bridgehead atoms. The summed E-state index contributed by atoms with van der Waals surface area (Å²) in [5, 5.41) is 90.1. The normalized spacial score (nSPS) is 31.2. The Balaban J connectivity index is 1.37. The fourth-order valence-corrected chi connectivity index (χ4v) is 8.07. The van der Waals surface area contributed by atoms with Gasteiger partial charge in [0, 0.05) is 43.4 Å². The van der Waals surface area contributed by atoms with Crippen molar-refractivity contribution in [2.75, 3.05) is 45.0 Å². The Labute approximate surface area is 303 Å². The fraction of sp³-hybridized carbons (Fsp3) is 0.472. The van der Waals surface area contributed by atoms with E-state index in [4.69, 9.17) is 15.2 Å². The summed E-state index contributed by atoms with van der Waals surface area (Å²) in [5.41, 5.74) is 3.02. The Morgan fingerprint density at radius 3 is 2.36 bits per heavy atom. The number of primary amides is 1. The van der Waals surface area contributed by atoms with Gasteiger partial charge in [-0.2, -0.15) is 0 Å². The molecule has 1 saturated carbocycles. The Morgan fingerprint density at radius 2 is 1.74 bits per heavy atom. The lowest BCUT2D eigenvalue weighted by atomic mass is 9.57. The van der Waals surface area contributed by atoms with Crippen LogP contribution in [0.4, 0.5) is 11.4 Å². The summed E-state index contributed by atoms with van der Waals surface area (Å²) in [6.07, 6.45) is -7.47. The van der Waals surface area contributed by atoms with Crippen molar-refractivity contribution in [1.29, 1.82) is 0 Å². The van der Waals surface area contributed by atoms with E-state index in [1.54, 1.807) is 49.3 Å². The molecular formula is C36H44N4O13.